The third kappa shape index (κ3) is 4.40. The van der Waals surface area contributed by atoms with Crippen molar-refractivity contribution in [2.24, 2.45) is 0 Å². The molecule has 162 valence electrons. The third-order valence-electron chi connectivity index (χ3n) is 5.39. The number of carbonyl (C=O) groups excluding carboxylic acids is 1. The monoisotopic (exact) mass is 493 g/mol. The van der Waals surface area contributed by atoms with Crippen molar-refractivity contribution in [2.45, 2.75) is 26.2 Å². The van der Waals surface area contributed by atoms with Crippen LogP contribution in [0.4, 0.5) is 11.4 Å². The van der Waals surface area contributed by atoms with Gasteiger partial charge in [0, 0.05) is 27.9 Å². The zero-order valence-electron chi connectivity index (χ0n) is 17.5. The van der Waals surface area contributed by atoms with Crippen molar-refractivity contribution in [2.75, 3.05) is 5.32 Å². The van der Waals surface area contributed by atoms with Gasteiger partial charge in [-0.2, -0.15) is 0 Å². The van der Waals surface area contributed by atoms with Crippen LogP contribution in [-0.4, -0.2) is 15.8 Å². The van der Waals surface area contributed by atoms with Gasteiger partial charge in [-0.25, -0.2) is 4.98 Å². The molecule has 8 heteroatoms. The molecule has 7 nitrogen and oxygen atoms in total. The summed E-state index contributed by atoms with van der Waals surface area (Å²) in [7, 11) is 0. The lowest BCUT2D eigenvalue weighted by molar-refractivity contribution is -0.384. The van der Waals surface area contributed by atoms with E-state index in [1.165, 1.54) is 23.8 Å². The number of rotatable bonds is 6. The molecule has 1 atom stereocenters. The lowest BCUT2D eigenvalue weighted by atomic mass is 9.98. The van der Waals surface area contributed by atoms with Crippen LogP contribution in [0.1, 0.15) is 42.1 Å². The van der Waals surface area contributed by atoms with E-state index in [2.05, 4.69) is 52.2 Å². The van der Waals surface area contributed by atoms with Crippen LogP contribution in [0.5, 0.6) is 0 Å². The first kappa shape index (κ1) is 21.7. The van der Waals surface area contributed by atoms with E-state index in [4.69, 9.17) is 4.42 Å². The summed E-state index contributed by atoms with van der Waals surface area (Å²) in [5.41, 5.74) is 4.12. The second kappa shape index (κ2) is 8.92. The van der Waals surface area contributed by atoms with Gasteiger partial charge in [-0.3, -0.25) is 14.9 Å². The number of oxazole rings is 1. The maximum Gasteiger partial charge on any atom is 0.270 e. The minimum absolute atomic E-state index is 0.152. The summed E-state index contributed by atoms with van der Waals surface area (Å²) in [6, 6.07) is 17.2. The van der Waals surface area contributed by atoms with Gasteiger partial charge < -0.3 is 9.73 Å². The molecule has 0 fully saturated rings. The quantitative estimate of drug-likeness (QED) is 0.232. The number of hydrogen-bond acceptors (Lipinski definition) is 5. The zero-order chi connectivity index (χ0) is 22.8. The molecule has 1 aromatic heterocycles. The molecule has 0 spiro atoms. The summed E-state index contributed by atoms with van der Waals surface area (Å²) >= 11 is 3.27. The Bertz CT molecular complexity index is 1310. The Morgan fingerprint density at radius 2 is 1.91 bits per heavy atom. The summed E-state index contributed by atoms with van der Waals surface area (Å²) < 4.78 is 6.37. The largest absolute Gasteiger partial charge is 0.436 e. The molecule has 1 amide bonds. The summed E-state index contributed by atoms with van der Waals surface area (Å²) in [4.78, 5) is 27.7. The predicted octanol–water partition coefficient (Wildman–Crippen LogP) is 6.93. The van der Waals surface area contributed by atoms with Crippen molar-refractivity contribution in [3.8, 4) is 11.5 Å². The van der Waals surface area contributed by atoms with Gasteiger partial charge in [-0.15, -0.1) is 0 Å². The number of non-ortho nitro benzene ring substituents is 1. The minimum atomic E-state index is -0.537. The number of aromatic nitrogens is 1. The normalized spacial score (nSPS) is 12.0. The number of carbonyl (C=O) groups is 1. The van der Waals surface area contributed by atoms with Crippen LogP contribution in [0.3, 0.4) is 0 Å². The lowest BCUT2D eigenvalue weighted by Gasteiger charge is -2.07. The molecule has 32 heavy (non-hydrogen) atoms. The highest BCUT2D eigenvalue weighted by molar-refractivity contribution is 9.10. The van der Waals surface area contributed by atoms with Gasteiger partial charge in [-0.05, 0) is 76.3 Å². The average Bonchev–Trinajstić information content (AvgIpc) is 3.22. The predicted molar refractivity (Wildman–Crippen MR) is 127 cm³/mol. The number of anilines is 1. The van der Waals surface area contributed by atoms with Gasteiger partial charge in [0.05, 0.1) is 10.5 Å². The second-order valence-electron chi connectivity index (χ2n) is 7.51. The number of halogens is 1. The first-order chi connectivity index (χ1) is 15.4. The molecule has 0 bridgehead atoms. The van der Waals surface area contributed by atoms with Crippen LogP contribution in [-0.2, 0) is 0 Å². The molecule has 1 heterocycles. The maximum atomic E-state index is 12.6. The Balaban J connectivity index is 1.54. The van der Waals surface area contributed by atoms with E-state index in [0.717, 1.165) is 23.1 Å². The Morgan fingerprint density at radius 1 is 1.16 bits per heavy atom. The van der Waals surface area contributed by atoms with Gasteiger partial charge >= 0.3 is 0 Å². The molecule has 3 aromatic carbocycles. The van der Waals surface area contributed by atoms with E-state index < -0.39 is 10.8 Å². The van der Waals surface area contributed by atoms with Gasteiger partial charge in [0.25, 0.3) is 11.6 Å². The van der Waals surface area contributed by atoms with Gasteiger partial charge in [-0.1, -0.05) is 19.9 Å². The first-order valence-corrected chi connectivity index (χ1v) is 10.9. The van der Waals surface area contributed by atoms with Crippen molar-refractivity contribution in [1.82, 2.24) is 4.98 Å². The number of nitrogens with zero attached hydrogens (tertiary/aromatic N) is 2. The first-order valence-electron chi connectivity index (χ1n) is 10.1. The van der Waals surface area contributed by atoms with Crippen molar-refractivity contribution >= 4 is 44.3 Å². The Hall–Kier alpha value is -3.52. The molecule has 0 saturated heterocycles. The van der Waals surface area contributed by atoms with Crippen LogP contribution in [0.15, 0.2) is 69.6 Å². The molecule has 0 aliphatic heterocycles. The van der Waals surface area contributed by atoms with Gasteiger partial charge in [0.1, 0.15) is 5.52 Å². The van der Waals surface area contributed by atoms with E-state index in [9.17, 15) is 14.9 Å². The fraction of sp³-hybridized carbons (Fsp3) is 0.167. The summed E-state index contributed by atoms with van der Waals surface area (Å²) in [6.07, 6.45) is 1.05. The molecular formula is C24H20BrN3O4. The second-order valence-corrected chi connectivity index (χ2v) is 8.36. The summed E-state index contributed by atoms with van der Waals surface area (Å²) in [5, 5.41) is 13.7. The number of hydrogen-bond donors (Lipinski definition) is 1. The third-order valence-corrected chi connectivity index (χ3v) is 6.08. The van der Waals surface area contributed by atoms with E-state index in [1.54, 1.807) is 24.3 Å². The van der Waals surface area contributed by atoms with E-state index in [0.29, 0.717) is 22.0 Å². The minimum Gasteiger partial charge on any atom is -0.436 e. The molecule has 0 unspecified atom stereocenters. The lowest BCUT2D eigenvalue weighted by Crippen LogP contribution is -2.12. The van der Waals surface area contributed by atoms with Crippen molar-refractivity contribution in [1.29, 1.82) is 0 Å². The van der Waals surface area contributed by atoms with Crippen molar-refractivity contribution in [3.05, 3.63) is 86.4 Å². The molecule has 0 radical (unpaired) electrons. The highest BCUT2D eigenvalue weighted by atomic mass is 79.9. The van der Waals surface area contributed by atoms with Crippen LogP contribution in [0.2, 0.25) is 0 Å². The SMILES string of the molecule is CC[C@@H](C)c1ccc2oc(-c3ccc(NC(=O)c4cc([N+](=O)[O-])ccc4Br)cc3)nc2c1. The summed E-state index contributed by atoms with van der Waals surface area (Å²) in [5.74, 6) is 0.502. The van der Waals surface area contributed by atoms with Crippen molar-refractivity contribution < 1.29 is 14.1 Å². The van der Waals surface area contributed by atoms with E-state index in [-0.39, 0.29) is 11.3 Å². The number of nitrogens with one attached hydrogen (secondary N) is 1. The standard InChI is InChI=1S/C24H20BrN3O4/c1-3-14(2)16-6-11-22-21(12-16)27-24(32-22)15-4-7-17(8-5-15)26-23(29)19-13-18(28(30)31)9-10-20(19)25/h4-14H,3H2,1-2H3,(H,26,29)/t14-/m1/s1. The van der Waals surface area contributed by atoms with E-state index in [1.807, 2.05) is 6.07 Å². The van der Waals surface area contributed by atoms with Gasteiger partial charge in [0.15, 0.2) is 5.58 Å². The zero-order valence-corrected chi connectivity index (χ0v) is 19.0. The Kier molecular flexibility index (Phi) is 6.05. The molecule has 4 rings (SSSR count). The number of fused-ring (bicyclic) bond motifs is 1. The molecule has 0 aliphatic rings. The number of amides is 1. The molecule has 0 aliphatic carbocycles. The number of benzene rings is 3. The molecule has 1 N–H and O–H groups in total. The fourth-order valence-electron chi connectivity index (χ4n) is 3.31. The Labute approximate surface area is 192 Å². The molecule has 4 aromatic rings. The number of nitro benzene ring substituents is 1. The van der Waals surface area contributed by atoms with Crippen LogP contribution in [0.25, 0.3) is 22.6 Å². The maximum absolute atomic E-state index is 12.6. The highest BCUT2D eigenvalue weighted by Gasteiger charge is 2.16. The highest BCUT2D eigenvalue weighted by Crippen LogP contribution is 2.29. The summed E-state index contributed by atoms with van der Waals surface area (Å²) in [6.45, 7) is 4.34. The number of nitro groups is 1. The van der Waals surface area contributed by atoms with Crippen LogP contribution >= 0.6 is 15.9 Å². The molecular weight excluding hydrogens is 474 g/mol. The fourth-order valence-corrected chi connectivity index (χ4v) is 3.73. The smallest absolute Gasteiger partial charge is 0.270 e. The van der Waals surface area contributed by atoms with Crippen molar-refractivity contribution in [3.63, 3.8) is 0 Å². The van der Waals surface area contributed by atoms with Gasteiger partial charge in [0.2, 0.25) is 5.89 Å². The topological polar surface area (TPSA) is 98.3 Å². The van der Waals surface area contributed by atoms with E-state index >= 15 is 0 Å². The Morgan fingerprint density at radius 3 is 2.59 bits per heavy atom. The molecule has 0 saturated carbocycles. The van der Waals surface area contributed by atoms with Crippen LogP contribution < -0.4 is 5.32 Å². The average molecular weight is 494 g/mol. The van der Waals surface area contributed by atoms with Crippen LogP contribution in [0, 0.1) is 10.1 Å².